The van der Waals surface area contributed by atoms with Crippen molar-refractivity contribution in [1.82, 2.24) is 10.6 Å². The molecular weight excluding hydrogens is 230 g/mol. The summed E-state index contributed by atoms with van der Waals surface area (Å²) in [7, 11) is 0. The summed E-state index contributed by atoms with van der Waals surface area (Å²) in [6.45, 7) is 2.20. The second kappa shape index (κ2) is 6.38. The van der Waals surface area contributed by atoms with Gasteiger partial charge in [0.25, 0.3) is 0 Å². The molecule has 1 aliphatic carbocycles. The van der Waals surface area contributed by atoms with E-state index in [4.69, 9.17) is 10.5 Å². The van der Waals surface area contributed by atoms with Gasteiger partial charge in [0.15, 0.2) is 0 Å². The maximum Gasteiger partial charge on any atom is 0.312 e. The third kappa shape index (κ3) is 3.85. The molecule has 4 N–H and O–H groups in total. The fourth-order valence-electron chi connectivity index (χ4n) is 3.14. The number of primary amides is 1. The molecule has 1 heterocycles. The summed E-state index contributed by atoms with van der Waals surface area (Å²) in [6.07, 6.45) is 9.23. The smallest absolute Gasteiger partial charge is 0.312 e. The molecule has 2 amide bonds. The van der Waals surface area contributed by atoms with E-state index in [1.165, 1.54) is 38.5 Å². The minimum Gasteiger partial charge on any atom is -0.370 e. The lowest BCUT2D eigenvalue weighted by Gasteiger charge is -2.33. The van der Waals surface area contributed by atoms with Gasteiger partial charge in [-0.1, -0.05) is 19.3 Å². The largest absolute Gasteiger partial charge is 0.370 e. The molecule has 0 aromatic carbocycles. The Hall–Kier alpha value is -0.810. The number of carbonyl (C=O) groups is 1. The minimum atomic E-state index is -0.463. The van der Waals surface area contributed by atoms with Gasteiger partial charge in [0.2, 0.25) is 0 Å². The first-order chi connectivity index (χ1) is 8.70. The van der Waals surface area contributed by atoms with E-state index in [0.29, 0.717) is 12.6 Å². The van der Waals surface area contributed by atoms with Crippen molar-refractivity contribution < 1.29 is 9.53 Å². The first-order valence-electron chi connectivity index (χ1n) is 7.12. The van der Waals surface area contributed by atoms with Crippen molar-refractivity contribution in [1.29, 1.82) is 0 Å². The highest BCUT2D eigenvalue weighted by Gasteiger charge is 2.40. The van der Waals surface area contributed by atoms with Gasteiger partial charge in [-0.3, -0.25) is 0 Å². The first kappa shape index (κ1) is 13.6. The molecule has 5 heteroatoms. The highest BCUT2D eigenvalue weighted by atomic mass is 16.5. The quantitative estimate of drug-likeness (QED) is 0.644. The van der Waals surface area contributed by atoms with E-state index in [2.05, 4.69) is 10.6 Å². The Morgan fingerprint density at radius 1 is 1.22 bits per heavy atom. The summed E-state index contributed by atoms with van der Waals surface area (Å²) in [5, 5.41) is 5.87. The molecule has 1 spiro atoms. The number of ether oxygens (including phenoxy) is 1. The zero-order valence-electron chi connectivity index (χ0n) is 11.0. The second-order valence-electron chi connectivity index (χ2n) is 5.52. The predicted molar refractivity (Wildman–Crippen MR) is 70.4 cm³/mol. The molecular formula is C13H25N3O2. The predicted octanol–water partition coefficient (Wildman–Crippen LogP) is 1.13. The number of hydrogen-bond acceptors (Lipinski definition) is 3. The fraction of sp³-hybridized carbons (Fsp3) is 0.923. The van der Waals surface area contributed by atoms with Crippen LogP contribution >= 0.6 is 0 Å². The molecule has 104 valence electrons. The fourth-order valence-corrected chi connectivity index (χ4v) is 3.14. The Morgan fingerprint density at radius 3 is 2.72 bits per heavy atom. The summed E-state index contributed by atoms with van der Waals surface area (Å²) in [6, 6.07) is -0.463. The molecule has 1 aliphatic heterocycles. The third-order valence-electron chi connectivity index (χ3n) is 4.08. The lowest BCUT2D eigenvalue weighted by atomic mass is 9.83. The first-order valence-corrected chi connectivity index (χ1v) is 7.12. The second-order valence-corrected chi connectivity index (χ2v) is 5.52. The third-order valence-corrected chi connectivity index (χ3v) is 4.08. The van der Waals surface area contributed by atoms with E-state index in [9.17, 15) is 4.79 Å². The van der Waals surface area contributed by atoms with Gasteiger partial charge >= 0.3 is 6.03 Å². The molecule has 1 unspecified atom stereocenters. The van der Waals surface area contributed by atoms with E-state index >= 15 is 0 Å². The van der Waals surface area contributed by atoms with Crippen molar-refractivity contribution in [2.45, 2.75) is 56.7 Å². The number of nitrogens with one attached hydrogen (secondary N) is 2. The molecule has 0 radical (unpaired) electrons. The highest BCUT2D eigenvalue weighted by Crippen LogP contribution is 2.41. The maximum atomic E-state index is 10.5. The summed E-state index contributed by atoms with van der Waals surface area (Å²) < 4.78 is 6.24. The summed E-state index contributed by atoms with van der Waals surface area (Å²) in [4.78, 5) is 10.5. The topological polar surface area (TPSA) is 76.4 Å². The van der Waals surface area contributed by atoms with Gasteiger partial charge in [-0.2, -0.15) is 0 Å². The van der Waals surface area contributed by atoms with Crippen LogP contribution in [0.1, 0.15) is 44.9 Å². The number of carbonyl (C=O) groups excluding carboxylic acids is 1. The standard InChI is InChI=1S/C13H25N3O2/c14-12(17)16-9-8-15-10-11-4-7-13(18-11)5-2-1-3-6-13/h11,15H,1-10H2,(H3,14,16,17). The summed E-state index contributed by atoms with van der Waals surface area (Å²) in [5.41, 5.74) is 5.19. The van der Waals surface area contributed by atoms with Gasteiger partial charge in [0, 0.05) is 19.6 Å². The molecule has 1 atom stereocenters. The Morgan fingerprint density at radius 2 is 2.00 bits per heavy atom. The molecule has 2 rings (SSSR count). The van der Waals surface area contributed by atoms with Crippen LogP contribution in [-0.2, 0) is 4.74 Å². The Balaban J connectivity index is 1.59. The molecule has 1 saturated carbocycles. The Bertz CT molecular complexity index is 277. The van der Waals surface area contributed by atoms with Gasteiger partial charge in [-0.25, -0.2) is 4.79 Å². The molecule has 0 aromatic heterocycles. The van der Waals surface area contributed by atoms with Crippen LogP contribution in [0.4, 0.5) is 4.79 Å². The van der Waals surface area contributed by atoms with Crippen molar-refractivity contribution in [2.24, 2.45) is 5.73 Å². The van der Waals surface area contributed by atoms with Crippen LogP contribution in [0.25, 0.3) is 0 Å². The van der Waals surface area contributed by atoms with Crippen molar-refractivity contribution in [3.8, 4) is 0 Å². The van der Waals surface area contributed by atoms with Crippen LogP contribution < -0.4 is 16.4 Å². The minimum absolute atomic E-state index is 0.204. The molecule has 5 nitrogen and oxygen atoms in total. The van der Waals surface area contributed by atoms with E-state index in [1.807, 2.05) is 0 Å². The van der Waals surface area contributed by atoms with E-state index in [1.54, 1.807) is 0 Å². The van der Waals surface area contributed by atoms with Crippen LogP contribution in [-0.4, -0.2) is 37.4 Å². The molecule has 2 aliphatic rings. The molecule has 1 saturated heterocycles. The van der Waals surface area contributed by atoms with Gasteiger partial charge in [-0.15, -0.1) is 0 Å². The van der Waals surface area contributed by atoms with E-state index < -0.39 is 6.03 Å². The van der Waals surface area contributed by atoms with Crippen LogP contribution in [0.5, 0.6) is 0 Å². The normalized spacial score (nSPS) is 26.3. The monoisotopic (exact) mass is 255 g/mol. The van der Waals surface area contributed by atoms with Crippen molar-refractivity contribution >= 4 is 6.03 Å². The molecule has 0 aromatic rings. The van der Waals surface area contributed by atoms with Crippen LogP contribution in [0, 0.1) is 0 Å². The molecule has 2 fully saturated rings. The average molecular weight is 255 g/mol. The number of urea groups is 1. The Kier molecular flexibility index (Phi) is 4.83. The zero-order valence-corrected chi connectivity index (χ0v) is 11.0. The SMILES string of the molecule is NC(=O)NCCNCC1CCC2(CCCCC2)O1. The average Bonchev–Trinajstić information content (AvgIpc) is 2.72. The van der Waals surface area contributed by atoms with Crippen LogP contribution in [0.2, 0.25) is 0 Å². The van der Waals surface area contributed by atoms with Crippen LogP contribution in [0.15, 0.2) is 0 Å². The van der Waals surface area contributed by atoms with Gasteiger partial charge in [0.05, 0.1) is 11.7 Å². The highest BCUT2D eigenvalue weighted by molar-refractivity contribution is 5.71. The van der Waals surface area contributed by atoms with E-state index in [-0.39, 0.29) is 5.60 Å². The van der Waals surface area contributed by atoms with Gasteiger partial charge in [0.1, 0.15) is 0 Å². The van der Waals surface area contributed by atoms with E-state index in [0.717, 1.165) is 19.5 Å². The number of nitrogens with two attached hydrogens (primary N) is 1. The molecule has 0 bridgehead atoms. The molecule has 18 heavy (non-hydrogen) atoms. The number of amides is 2. The Labute approximate surface area is 109 Å². The number of hydrogen-bond donors (Lipinski definition) is 3. The summed E-state index contributed by atoms with van der Waals surface area (Å²) >= 11 is 0. The lowest BCUT2D eigenvalue weighted by Crippen LogP contribution is -2.38. The van der Waals surface area contributed by atoms with Crippen molar-refractivity contribution in [3.05, 3.63) is 0 Å². The summed E-state index contributed by atoms with van der Waals surface area (Å²) in [5.74, 6) is 0. The zero-order chi connectivity index (χ0) is 12.8. The number of rotatable bonds is 5. The maximum absolute atomic E-state index is 10.5. The van der Waals surface area contributed by atoms with Gasteiger partial charge < -0.3 is 21.1 Å². The van der Waals surface area contributed by atoms with Gasteiger partial charge in [-0.05, 0) is 25.7 Å². The van der Waals surface area contributed by atoms with Crippen molar-refractivity contribution in [3.63, 3.8) is 0 Å². The van der Waals surface area contributed by atoms with Crippen LogP contribution in [0.3, 0.4) is 0 Å². The lowest BCUT2D eigenvalue weighted by molar-refractivity contribution is -0.0622. The van der Waals surface area contributed by atoms with Crippen molar-refractivity contribution in [2.75, 3.05) is 19.6 Å².